The molecule has 3 nitrogen and oxygen atoms in total. The third-order valence-electron chi connectivity index (χ3n) is 3.51. The Hall–Kier alpha value is -1.20. The van der Waals surface area contributed by atoms with Crippen molar-refractivity contribution in [2.75, 3.05) is 13.1 Å². The van der Waals surface area contributed by atoms with Crippen LogP contribution in [0.5, 0.6) is 0 Å². The monoisotopic (exact) mass is 318 g/mol. The Kier molecular flexibility index (Phi) is 6.10. The fraction of sp³-hybridized carbons (Fsp3) is 0.533. The summed E-state index contributed by atoms with van der Waals surface area (Å²) in [5.41, 5.74) is -0.209. The van der Waals surface area contributed by atoms with E-state index in [1.54, 1.807) is 13.8 Å². The molecule has 1 aliphatic carbocycles. The fourth-order valence-corrected chi connectivity index (χ4v) is 2.06. The normalized spacial score (nSPS) is 14.5. The minimum Gasteiger partial charge on any atom is -0.346 e. The molecule has 0 atom stereocenters. The maximum Gasteiger partial charge on any atom is 0.234 e. The molecule has 0 aromatic heterocycles. The summed E-state index contributed by atoms with van der Waals surface area (Å²) in [4.78, 5) is 11.8. The van der Waals surface area contributed by atoms with E-state index >= 15 is 0 Å². The second-order valence-electron chi connectivity index (χ2n) is 5.88. The first-order valence-corrected chi connectivity index (χ1v) is 6.86. The van der Waals surface area contributed by atoms with Gasteiger partial charge < -0.3 is 10.6 Å². The smallest absolute Gasteiger partial charge is 0.234 e. The van der Waals surface area contributed by atoms with Crippen LogP contribution >= 0.6 is 12.4 Å². The molecule has 0 bridgehead atoms. The molecule has 0 spiro atoms. The third kappa shape index (κ3) is 5.25. The van der Waals surface area contributed by atoms with E-state index in [1.807, 2.05) is 0 Å². The van der Waals surface area contributed by atoms with Gasteiger partial charge in [0.1, 0.15) is 0 Å². The van der Waals surface area contributed by atoms with E-state index in [-0.39, 0.29) is 24.9 Å². The first-order valence-electron chi connectivity index (χ1n) is 6.86. The van der Waals surface area contributed by atoms with Crippen LogP contribution in [-0.4, -0.2) is 19.0 Å². The summed E-state index contributed by atoms with van der Waals surface area (Å²) >= 11 is 0. The standard InChI is InChI=1S/C15H20F2N2O.ClH/c1-15(2,11-5-6-12(16)13(17)7-11)19-14(20)9-18-8-10-3-4-10;/h5-7,10,18H,3-4,8-9H2,1-2H3,(H,19,20);1H. The number of hydrogen-bond donors (Lipinski definition) is 2. The summed E-state index contributed by atoms with van der Waals surface area (Å²) in [5.74, 6) is -1.24. The molecule has 2 rings (SSSR count). The van der Waals surface area contributed by atoms with E-state index in [0.29, 0.717) is 11.5 Å². The predicted octanol–water partition coefficient (Wildman–Crippen LogP) is 2.74. The van der Waals surface area contributed by atoms with Gasteiger partial charge in [-0.2, -0.15) is 0 Å². The first kappa shape index (κ1) is 17.9. The summed E-state index contributed by atoms with van der Waals surface area (Å²) in [5, 5.41) is 5.92. The van der Waals surface area contributed by atoms with Crippen molar-refractivity contribution < 1.29 is 13.6 Å². The number of benzene rings is 1. The van der Waals surface area contributed by atoms with Crippen LogP contribution in [0.4, 0.5) is 8.78 Å². The highest BCUT2D eigenvalue weighted by molar-refractivity contribution is 5.85. The van der Waals surface area contributed by atoms with Crippen molar-refractivity contribution in [2.24, 2.45) is 5.92 Å². The van der Waals surface area contributed by atoms with Crippen LogP contribution in [0, 0.1) is 17.6 Å². The molecule has 118 valence electrons. The lowest BCUT2D eigenvalue weighted by Crippen LogP contribution is -2.45. The molecule has 1 saturated carbocycles. The molecule has 0 aliphatic heterocycles. The van der Waals surface area contributed by atoms with Crippen molar-refractivity contribution in [3.05, 3.63) is 35.4 Å². The SMILES string of the molecule is CC(C)(NC(=O)CNCC1CC1)c1ccc(F)c(F)c1.Cl. The zero-order chi connectivity index (χ0) is 14.8. The number of halogens is 3. The second kappa shape index (κ2) is 7.18. The largest absolute Gasteiger partial charge is 0.346 e. The van der Waals surface area contributed by atoms with Crippen LogP contribution in [0.15, 0.2) is 18.2 Å². The van der Waals surface area contributed by atoms with Crippen molar-refractivity contribution in [1.82, 2.24) is 10.6 Å². The van der Waals surface area contributed by atoms with Crippen molar-refractivity contribution in [3.63, 3.8) is 0 Å². The summed E-state index contributed by atoms with van der Waals surface area (Å²) in [6, 6.07) is 3.67. The molecular formula is C15H21ClF2N2O. The zero-order valence-corrected chi connectivity index (χ0v) is 13.0. The zero-order valence-electron chi connectivity index (χ0n) is 12.2. The number of carbonyl (C=O) groups excluding carboxylic acids is 1. The summed E-state index contributed by atoms with van der Waals surface area (Å²) in [6.45, 7) is 4.62. The van der Waals surface area contributed by atoms with Crippen molar-refractivity contribution in [2.45, 2.75) is 32.2 Å². The van der Waals surface area contributed by atoms with Gasteiger partial charge in [0.2, 0.25) is 5.91 Å². The van der Waals surface area contributed by atoms with E-state index in [9.17, 15) is 13.6 Å². The average Bonchev–Trinajstić information content (AvgIpc) is 3.16. The highest BCUT2D eigenvalue weighted by Gasteiger charge is 2.25. The van der Waals surface area contributed by atoms with Crippen LogP contribution in [0.1, 0.15) is 32.3 Å². The Morgan fingerprint density at radius 3 is 2.52 bits per heavy atom. The topological polar surface area (TPSA) is 41.1 Å². The van der Waals surface area contributed by atoms with E-state index < -0.39 is 17.2 Å². The number of nitrogens with one attached hydrogen (secondary N) is 2. The van der Waals surface area contributed by atoms with Crippen LogP contribution < -0.4 is 10.6 Å². The van der Waals surface area contributed by atoms with Gasteiger partial charge in [0.25, 0.3) is 0 Å². The maximum atomic E-state index is 13.2. The molecule has 1 amide bonds. The molecule has 2 N–H and O–H groups in total. The highest BCUT2D eigenvalue weighted by atomic mass is 35.5. The highest BCUT2D eigenvalue weighted by Crippen LogP contribution is 2.27. The fourth-order valence-electron chi connectivity index (χ4n) is 2.06. The van der Waals surface area contributed by atoms with Gasteiger partial charge in [-0.3, -0.25) is 4.79 Å². The van der Waals surface area contributed by atoms with Gasteiger partial charge in [-0.05, 0) is 56.8 Å². The molecule has 1 fully saturated rings. The first-order chi connectivity index (χ1) is 9.38. The molecule has 0 saturated heterocycles. The molecule has 1 aromatic rings. The summed E-state index contributed by atoms with van der Waals surface area (Å²) < 4.78 is 26.2. The predicted molar refractivity (Wildman–Crippen MR) is 80.4 cm³/mol. The quantitative estimate of drug-likeness (QED) is 0.847. The molecule has 21 heavy (non-hydrogen) atoms. The summed E-state index contributed by atoms with van der Waals surface area (Å²) in [7, 11) is 0. The van der Waals surface area contributed by atoms with E-state index in [4.69, 9.17) is 0 Å². The molecule has 1 aliphatic rings. The van der Waals surface area contributed by atoms with Gasteiger partial charge in [0.05, 0.1) is 12.1 Å². The van der Waals surface area contributed by atoms with E-state index in [0.717, 1.165) is 18.7 Å². The number of carbonyl (C=O) groups is 1. The Balaban J connectivity index is 0.00000220. The maximum absolute atomic E-state index is 13.2. The molecule has 1 aromatic carbocycles. The van der Waals surface area contributed by atoms with E-state index in [1.165, 1.54) is 18.9 Å². The van der Waals surface area contributed by atoms with Gasteiger partial charge in [-0.1, -0.05) is 6.07 Å². The van der Waals surface area contributed by atoms with E-state index in [2.05, 4.69) is 10.6 Å². The minimum atomic E-state index is -0.906. The van der Waals surface area contributed by atoms with Crippen molar-refractivity contribution in [1.29, 1.82) is 0 Å². The molecule has 0 unspecified atom stereocenters. The Morgan fingerprint density at radius 1 is 1.29 bits per heavy atom. The Morgan fingerprint density at radius 2 is 1.95 bits per heavy atom. The second-order valence-corrected chi connectivity index (χ2v) is 5.88. The Labute approximate surface area is 129 Å². The third-order valence-corrected chi connectivity index (χ3v) is 3.51. The minimum absolute atomic E-state index is 0. The number of rotatable bonds is 6. The molecule has 0 heterocycles. The van der Waals surface area contributed by atoms with Gasteiger partial charge >= 0.3 is 0 Å². The van der Waals surface area contributed by atoms with Crippen LogP contribution in [0.25, 0.3) is 0 Å². The van der Waals surface area contributed by atoms with Crippen molar-refractivity contribution in [3.8, 4) is 0 Å². The summed E-state index contributed by atoms with van der Waals surface area (Å²) in [6.07, 6.45) is 2.46. The van der Waals surface area contributed by atoms with Crippen LogP contribution in [0.2, 0.25) is 0 Å². The Bertz CT molecular complexity index is 504. The number of hydrogen-bond acceptors (Lipinski definition) is 2. The van der Waals surface area contributed by atoms with Gasteiger partial charge in [0.15, 0.2) is 11.6 Å². The lowest BCUT2D eigenvalue weighted by molar-refractivity contribution is -0.121. The van der Waals surface area contributed by atoms with Gasteiger partial charge in [0, 0.05) is 0 Å². The van der Waals surface area contributed by atoms with Gasteiger partial charge in [-0.15, -0.1) is 12.4 Å². The lowest BCUT2D eigenvalue weighted by atomic mass is 9.94. The number of amides is 1. The molecular weight excluding hydrogens is 298 g/mol. The lowest BCUT2D eigenvalue weighted by Gasteiger charge is -2.27. The van der Waals surface area contributed by atoms with Crippen LogP contribution in [0.3, 0.4) is 0 Å². The molecule has 0 radical (unpaired) electrons. The molecule has 6 heteroatoms. The average molecular weight is 319 g/mol. The van der Waals surface area contributed by atoms with Gasteiger partial charge in [-0.25, -0.2) is 8.78 Å². The van der Waals surface area contributed by atoms with Crippen LogP contribution in [-0.2, 0) is 10.3 Å². The van der Waals surface area contributed by atoms with Crippen molar-refractivity contribution >= 4 is 18.3 Å².